The first kappa shape index (κ1) is 23.6. The number of carbonyl (C=O) groups is 2. The van der Waals surface area contributed by atoms with Crippen LogP contribution in [0.25, 0.3) is 5.69 Å². The van der Waals surface area contributed by atoms with Gasteiger partial charge in [-0.2, -0.15) is 5.10 Å². The zero-order valence-electron chi connectivity index (χ0n) is 19.7. The van der Waals surface area contributed by atoms with Crippen LogP contribution < -0.4 is 15.6 Å². The number of benzene rings is 3. The maximum atomic E-state index is 13.0. The molecular weight excluding hydrogens is 474 g/mol. The lowest BCUT2D eigenvalue weighted by molar-refractivity contribution is -0.384. The van der Waals surface area contributed by atoms with E-state index in [2.05, 4.69) is 10.4 Å². The molecule has 0 saturated carbocycles. The van der Waals surface area contributed by atoms with Crippen molar-refractivity contribution in [2.24, 2.45) is 0 Å². The highest BCUT2D eigenvalue weighted by Crippen LogP contribution is 2.29. The fraction of sp³-hybridized carbons (Fsp3) is 0.111. The number of fused-ring (bicyclic) bond motifs is 1. The Kier molecular flexibility index (Phi) is 6.06. The third-order valence-corrected chi connectivity index (χ3v) is 6.15. The van der Waals surface area contributed by atoms with Crippen molar-refractivity contribution in [3.63, 3.8) is 0 Å². The Bertz CT molecular complexity index is 1610. The predicted molar refractivity (Wildman–Crippen MR) is 137 cm³/mol. The molecule has 1 N–H and O–H groups in total. The zero-order valence-corrected chi connectivity index (χ0v) is 19.7. The lowest BCUT2D eigenvalue weighted by Crippen LogP contribution is -2.29. The smallest absolute Gasteiger partial charge is 0.294 e. The number of aromatic nitrogens is 2. The highest BCUT2D eigenvalue weighted by Gasteiger charge is 2.25. The molecule has 0 fully saturated rings. The van der Waals surface area contributed by atoms with E-state index in [1.165, 1.54) is 28.9 Å². The van der Waals surface area contributed by atoms with Gasteiger partial charge in [0.15, 0.2) is 5.69 Å². The van der Waals surface area contributed by atoms with Gasteiger partial charge in [-0.25, -0.2) is 4.68 Å². The van der Waals surface area contributed by atoms with Gasteiger partial charge in [0, 0.05) is 41.3 Å². The molecular formula is C27H21N5O5. The van der Waals surface area contributed by atoms with Crippen molar-refractivity contribution in [1.82, 2.24) is 9.78 Å². The van der Waals surface area contributed by atoms with E-state index in [0.29, 0.717) is 23.5 Å². The average Bonchev–Trinajstić information content (AvgIpc) is 3.33. The first-order valence-corrected chi connectivity index (χ1v) is 11.5. The van der Waals surface area contributed by atoms with Gasteiger partial charge in [0.2, 0.25) is 5.43 Å². The Morgan fingerprint density at radius 2 is 1.65 bits per heavy atom. The number of carbonyl (C=O) groups excluding carboxylic acids is 2. The Balaban J connectivity index is 1.37. The van der Waals surface area contributed by atoms with Gasteiger partial charge in [-0.15, -0.1) is 0 Å². The third kappa shape index (κ3) is 4.47. The van der Waals surface area contributed by atoms with Gasteiger partial charge >= 0.3 is 0 Å². The third-order valence-electron chi connectivity index (χ3n) is 6.15. The largest absolute Gasteiger partial charge is 0.320 e. The van der Waals surface area contributed by atoms with Crippen LogP contribution in [-0.4, -0.2) is 33.1 Å². The van der Waals surface area contributed by atoms with Crippen molar-refractivity contribution in [3.8, 4) is 5.69 Å². The van der Waals surface area contributed by atoms with Crippen molar-refractivity contribution in [2.45, 2.75) is 13.3 Å². The van der Waals surface area contributed by atoms with E-state index < -0.39 is 22.0 Å². The highest BCUT2D eigenvalue weighted by atomic mass is 16.6. The summed E-state index contributed by atoms with van der Waals surface area (Å²) in [5, 5.41) is 18.2. The van der Waals surface area contributed by atoms with Gasteiger partial charge in [-0.3, -0.25) is 24.5 Å². The summed E-state index contributed by atoms with van der Waals surface area (Å²) >= 11 is 0. The van der Waals surface area contributed by atoms with Crippen LogP contribution in [-0.2, 0) is 6.42 Å². The predicted octanol–water partition coefficient (Wildman–Crippen LogP) is 3.90. The molecule has 5 rings (SSSR count). The molecule has 0 saturated heterocycles. The van der Waals surface area contributed by atoms with Crippen LogP contribution in [0.4, 0.5) is 17.1 Å². The van der Waals surface area contributed by atoms with Crippen molar-refractivity contribution < 1.29 is 14.5 Å². The summed E-state index contributed by atoms with van der Waals surface area (Å²) in [6.45, 7) is 2.17. The van der Waals surface area contributed by atoms with Crippen LogP contribution in [0.2, 0.25) is 0 Å². The SMILES string of the molecule is Cc1cc(=O)c(C(=O)Nc2ccc(C(=O)N3CCc4ccccc43)cc2)nn1-c1ccccc1[N+](=O)[O-]. The van der Waals surface area contributed by atoms with Gasteiger partial charge in [-0.1, -0.05) is 30.3 Å². The van der Waals surface area contributed by atoms with Gasteiger partial charge in [0.1, 0.15) is 5.69 Å². The van der Waals surface area contributed by atoms with Gasteiger partial charge in [0.05, 0.1) is 4.92 Å². The molecule has 0 bridgehead atoms. The van der Waals surface area contributed by atoms with Crippen molar-refractivity contribution in [2.75, 3.05) is 16.8 Å². The minimum absolute atomic E-state index is 0.130. The van der Waals surface area contributed by atoms with Crippen LogP contribution in [0.5, 0.6) is 0 Å². The number of anilines is 2. The number of para-hydroxylation sites is 3. The first-order chi connectivity index (χ1) is 17.8. The number of nitro groups is 1. The van der Waals surface area contributed by atoms with Crippen LogP contribution in [0.1, 0.15) is 32.1 Å². The summed E-state index contributed by atoms with van der Waals surface area (Å²) in [6.07, 6.45) is 0.795. The number of hydrogen-bond donors (Lipinski definition) is 1. The summed E-state index contributed by atoms with van der Waals surface area (Å²) in [5.41, 5.74) is 2.05. The summed E-state index contributed by atoms with van der Waals surface area (Å²) in [4.78, 5) is 51.1. The molecule has 184 valence electrons. The van der Waals surface area contributed by atoms with Crippen LogP contribution in [0.15, 0.2) is 83.7 Å². The Hall–Kier alpha value is -5.12. The second kappa shape index (κ2) is 9.50. The molecule has 10 nitrogen and oxygen atoms in total. The Labute approximate surface area is 210 Å². The summed E-state index contributed by atoms with van der Waals surface area (Å²) < 4.78 is 1.20. The van der Waals surface area contributed by atoms with E-state index in [0.717, 1.165) is 17.7 Å². The van der Waals surface area contributed by atoms with E-state index in [-0.39, 0.29) is 17.3 Å². The molecule has 0 spiro atoms. The van der Waals surface area contributed by atoms with Crippen LogP contribution in [0, 0.1) is 17.0 Å². The van der Waals surface area contributed by atoms with Crippen molar-refractivity contribution in [3.05, 3.63) is 122 Å². The number of amides is 2. The molecule has 0 radical (unpaired) electrons. The van der Waals surface area contributed by atoms with Crippen molar-refractivity contribution in [1.29, 1.82) is 0 Å². The van der Waals surface area contributed by atoms with Gasteiger partial charge in [0.25, 0.3) is 17.5 Å². The number of rotatable bonds is 5. The lowest BCUT2D eigenvalue weighted by atomic mass is 10.1. The molecule has 10 heteroatoms. The van der Waals surface area contributed by atoms with Crippen molar-refractivity contribution >= 4 is 28.9 Å². The van der Waals surface area contributed by atoms with E-state index >= 15 is 0 Å². The minimum atomic E-state index is -0.773. The fourth-order valence-corrected chi connectivity index (χ4v) is 4.34. The molecule has 1 aliphatic heterocycles. The highest BCUT2D eigenvalue weighted by molar-refractivity contribution is 6.08. The maximum Gasteiger partial charge on any atom is 0.294 e. The molecule has 37 heavy (non-hydrogen) atoms. The van der Waals surface area contributed by atoms with Crippen LogP contribution >= 0.6 is 0 Å². The number of aryl methyl sites for hydroxylation is 1. The first-order valence-electron chi connectivity index (χ1n) is 11.5. The number of nitrogens with zero attached hydrogens (tertiary/aromatic N) is 4. The maximum absolute atomic E-state index is 13.0. The van der Waals surface area contributed by atoms with E-state index in [1.54, 1.807) is 42.2 Å². The molecule has 4 aromatic rings. The fourth-order valence-electron chi connectivity index (χ4n) is 4.34. The molecule has 0 atom stereocenters. The minimum Gasteiger partial charge on any atom is -0.320 e. The summed E-state index contributed by atoms with van der Waals surface area (Å²) in [6, 6.07) is 21.2. The Morgan fingerprint density at radius 3 is 2.38 bits per heavy atom. The number of nitrogens with one attached hydrogen (secondary N) is 1. The summed E-state index contributed by atoms with van der Waals surface area (Å²) in [7, 11) is 0. The molecule has 3 aromatic carbocycles. The normalized spacial score (nSPS) is 12.2. The quantitative estimate of drug-likeness (QED) is 0.330. The monoisotopic (exact) mass is 495 g/mol. The van der Waals surface area contributed by atoms with Gasteiger partial charge in [-0.05, 0) is 55.3 Å². The Morgan fingerprint density at radius 1 is 0.973 bits per heavy atom. The van der Waals surface area contributed by atoms with E-state index in [9.17, 15) is 24.5 Å². The zero-order chi connectivity index (χ0) is 26.1. The molecule has 1 aromatic heterocycles. The molecule has 1 aliphatic rings. The summed E-state index contributed by atoms with van der Waals surface area (Å²) in [5.74, 6) is -0.916. The molecule has 0 aliphatic carbocycles. The van der Waals surface area contributed by atoms with Crippen LogP contribution in [0.3, 0.4) is 0 Å². The standard InChI is InChI=1S/C27H21N5O5/c1-17-16-24(33)25(29-31(17)22-8-4-5-9-23(22)32(36)37)26(34)28-20-12-10-19(11-13-20)27(35)30-15-14-18-6-2-3-7-21(18)30/h2-13,16H,14-15H2,1H3,(H,28,34). The number of hydrogen-bond acceptors (Lipinski definition) is 6. The molecule has 2 heterocycles. The lowest BCUT2D eigenvalue weighted by Gasteiger charge is -2.17. The number of nitro benzene ring substituents is 1. The molecule has 0 unspecified atom stereocenters. The van der Waals surface area contributed by atoms with E-state index in [1.807, 2.05) is 24.3 Å². The van der Waals surface area contributed by atoms with Gasteiger partial charge < -0.3 is 10.2 Å². The van der Waals surface area contributed by atoms with E-state index in [4.69, 9.17) is 0 Å². The molecule has 2 amide bonds. The second-order valence-corrected chi connectivity index (χ2v) is 8.52. The second-order valence-electron chi connectivity index (χ2n) is 8.52. The topological polar surface area (TPSA) is 127 Å². The average molecular weight is 495 g/mol.